The predicted octanol–water partition coefficient (Wildman–Crippen LogP) is 0.805. The summed E-state index contributed by atoms with van der Waals surface area (Å²) in [5.74, 6) is 0. The Morgan fingerprint density at radius 2 is 2.20 bits per heavy atom. The fourth-order valence-electron chi connectivity index (χ4n) is 1.24. The van der Waals surface area contributed by atoms with Gasteiger partial charge in [-0.3, -0.25) is 4.99 Å². The summed E-state index contributed by atoms with van der Waals surface area (Å²) < 4.78 is 1.71. The van der Waals surface area contributed by atoms with E-state index in [1.807, 2.05) is 25.4 Å². The lowest BCUT2D eigenvalue weighted by Gasteiger charge is -2.10. The SMILES string of the molecule is [B]C(=C)n1ccc(C(=C)NC)cc1=NC. The molecule has 1 aromatic rings. The fraction of sp³-hybridized carbons (Fsp3) is 0.182. The first-order chi connectivity index (χ1) is 7.10. The molecule has 0 saturated carbocycles. The van der Waals surface area contributed by atoms with E-state index in [2.05, 4.69) is 23.5 Å². The largest absolute Gasteiger partial charge is 0.388 e. The van der Waals surface area contributed by atoms with Gasteiger partial charge >= 0.3 is 0 Å². The summed E-state index contributed by atoms with van der Waals surface area (Å²) in [7, 11) is 9.16. The molecule has 0 atom stereocenters. The van der Waals surface area contributed by atoms with Crippen molar-refractivity contribution in [3.05, 3.63) is 42.5 Å². The summed E-state index contributed by atoms with van der Waals surface area (Å²) in [5.41, 5.74) is 3.01. The smallest absolute Gasteiger partial charge is 0.138 e. The molecule has 1 heterocycles. The third-order valence-electron chi connectivity index (χ3n) is 2.12. The topological polar surface area (TPSA) is 29.3 Å². The molecule has 15 heavy (non-hydrogen) atoms. The van der Waals surface area contributed by atoms with E-state index in [9.17, 15) is 0 Å². The summed E-state index contributed by atoms with van der Waals surface area (Å²) in [6.45, 7) is 7.55. The molecule has 4 heteroatoms. The third kappa shape index (κ3) is 2.40. The lowest BCUT2D eigenvalue weighted by Crippen LogP contribution is -2.20. The van der Waals surface area contributed by atoms with Crippen molar-refractivity contribution in [2.24, 2.45) is 4.99 Å². The van der Waals surface area contributed by atoms with Gasteiger partial charge in [0.25, 0.3) is 0 Å². The predicted molar refractivity (Wildman–Crippen MR) is 65.1 cm³/mol. The van der Waals surface area contributed by atoms with Gasteiger partial charge in [0.15, 0.2) is 0 Å². The summed E-state index contributed by atoms with van der Waals surface area (Å²) in [4.78, 5) is 4.12. The highest BCUT2D eigenvalue weighted by atomic mass is 15.0. The molecule has 0 bridgehead atoms. The Hall–Kier alpha value is -1.71. The van der Waals surface area contributed by atoms with Gasteiger partial charge in [-0.1, -0.05) is 13.2 Å². The van der Waals surface area contributed by atoms with Crippen molar-refractivity contribution in [3.63, 3.8) is 0 Å². The number of pyridine rings is 1. The van der Waals surface area contributed by atoms with Gasteiger partial charge in [-0.15, -0.1) is 0 Å². The van der Waals surface area contributed by atoms with Gasteiger partial charge in [-0.25, -0.2) is 0 Å². The molecule has 0 aliphatic heterocycles. The average molecular weight is 199 g/mol. The van der Waals surface area contributed by atoms with Crippen molar-refractivity contribution < 1.29 is 0 Å². The monoisotopic (exact) mass is 199 g/mol. The van der Waals surface area contributed by atoms with E-state index in [0.29, 0.717) is 5.60 Å². The van der Waals surface area contributed by atoms with E-state index in [4.69, 9.17) is 7.85 Å². The Labute approximate surface area is 91.3 Å². The molecule has 0 spiro atoms. The molecule has 0 fully saturated rings. The second-order valence-corrected chi connectivity index (χ2v) is 3.09. The Kier molecular flexibility index (Phi) is 3.55. The molecule has 1 aromatic heterocycles. The van der Waals surface area contributed by atoms with E-state index in [0.717, 1.165) is 16.7 Å². The number of hydrogen-bond acceptors (Lipinski definition) is 2. The highest BCUT2D eigenvalue weighted by Gasteiger charge is 1.99. The maximum absolute atomic E-state index is 5.62. The fourth-order valence-corrected chi connectivity index (χ4v) is 1.24. The van der Waals surface area contributed by atoms with Crippen molar-refractivity contribution in [1.82, 2.24) is 9.88 Å². The van der Waals surface area contributed by atoms with Gasteiger partial charge in [0, 0.05) is 31.6 Å². The first-order valence-corrected chi connectivity index (χ1v) is 4.57. The zero-order chi connectivity index (χ0) is 11.4. The minimum absolute atomic E-state index is 0.442. The van der Waals surface area contributed by atoms with Crippen molar-refractivity contribution in [2.75, 3.05) is 14.1 Å². The van der Waals surface area contributed by atoms with Crippen LogP contribution in [0, 0.1) is 0 Å². The number of nitrogens with zero attached hydrogens (tertiary/aromatic N) is 2. The number of aromatic nitrogens is 1. The highest BCUT2D eigenvalue weighted by molar-refractivity contribution is 6.37. The maximum Gasteiger partial charge on any atom is 0.138 e. The molecule has 0 aliphatic rings. The minimum Gasteiger partial charge on any atom is -0.388 e. The van der Waals surface area contributed by atoms with Crippen LogP contribution in [-0.2, 0) is 0 Å². The average Bonchev–Trinajstić information content (AvgIpc) is 2.26. The van der Waals surface area contributed by atoms with E-state index >= 15 is 0 Å². The van der Waals surface area contributed by atoms with Crippen molar-refractivity contribution in [1.29, 1.82) is 0 Å². The normalized spacial score (nSPS) is 11.2. The molecule has 1 N–H and O–H groups in total. The van der Waals surface area contributed by atoms with E-state index < -0.39 is 0 Å². The van der Waals surface area contributed by atoms with Crippen LogP contribution in [0.4, 0.5) is 0 Å². The van der Waals surface area contributed by atoms with Crippen LogP contribution >= 0.6 is 0 Å². The molecule has 76 valence electrons. The van der Waals surface area contributed by atoms with Crippen LogP contribution in [0.3, 0.4) is 0 Å². The van der Waals surface area contributed by atoms with Gasteiger partial charge < -0.3 is 9.88 Å². The zero-order valence-corrected chi connectivity index (χ0v) is 9.12. The van der Waals surface area contributed by atoms with Gasteiger partial charge in [-0.2, -0.15) is 0 Å². The van der Waals surface area contributed by atoms with E-state index in [1.54, 1.807) is 11.6 Å². The molecule has 3 nitrogen and oxygen atoms in total. The molecule has 1 rings (SSSR count). The molecule has 0 unspecified atom stereocenters. The second kappa shape index (κ2) is 4.69. The first-order valence-electron chi connectivity index (χ1n) is 4.57. The van der Waals surface area contributed by atoms with Crippen LogP contribution in [0.1, 0.15) is 5.56 Å². The van der Waals surface area contributed by atoms with Gasteiger partial charge in [0.1, 0.15) is 13.3 Å². The Morgan fingerprint density at radius 1 is 1.53 bits per heavy atom. The van der Waals surface area contributed by atoms with Crippen molar-refractivity contribution >= 4 is 19.1 Å². The van der Waals surface area contributed by atoms with Crippen molar-refractivity contribution in [3.8, 4) is 0 Å². The molecular formula is C11H14BN3. The third-order valence-corrected chi connectivity index (χ3v) is 2.12. The van der Waals surface area contributed by atoms with Crippen LogP contribution in [-0.4, -0.2) is 26.5 Å². The Bertz CT molecular complexity index is 457. The summed E-state index contributed by atoms with van der Waals surface area (Å²) in [5, 5.41) is 2.98. The standard InChI is InChI=1S/C11H14BN3/c1-8(13-3)10-5-6-15(9(2)12)11(7-10)14-4/h5-7,13H,1-2H2,3-4H3. The quantitative estimate of drug-likeness (QED) is 0.717. The zero-order valence-electron chi connectivity index (χ0n) is 9.12. The molecule has 0 aliphatic carbocycles. The molecule has 0 amide bonds. The summed E-state index contributed by atoms with van der Waals surface area (Å²) in [6.07, 6.45) is 1.82. The molecule has 0 aromatic carbocycles. The van der Waals surface area contributed by atoms with E-state index in [1.165, 1.54) is 0 Å². The summed E-state index contributed by atoms with van der Waals surface area (Å²) in [6, 6.07) is 3.81. The second-order valence-electron chi connectivity index (χ2n) is 3.09. The number of hydrogen-bond donors (Lipinski definition) is 1. The lowest BCUT2D eigenvalue weighted by molar-refractivity contribution is 0.974. The molecular weight excluding hydrogens is 185 g/mol. The van der Waals surface area contributed by atoms with Crippen LogP contribution in [0.25, 0.3) is 11.3 Å². The molecule has 0 saturated heterocycles. The van der Waals surface area contributed by atoms with Gasteiger partial charge in [0.05, 0.1) is 0 Å². The first kappa shape index (κ1) is 11.4. The Morgan fingerprint density at radius 3 is 2.67 bits per heavy atom. The van der Waals surface area contributed by atoms with Crippen LogP contribution in [0.2, 0.25) is 0 Å². The molecule has 2 radical (unpaired) electrons. The number of rotatable bonds is 3. The van der Waals surface area contributed by atoms with Crippen molar-refractivity contribution in [2.45, 2.75) is 0 Å². The minimum atomic E-state index is 0.442. The lowest BCUT2D eigenvalue weighted by atomic mass is 10.1. The highest BCUT2D eigenvalue weighted by Crippen LogP contribution is 2.05. The van der Waals surface area contributed by atoms with Crippen LogP contribution in [0.5, 0.6) is 0 Å². The van der Waals surface area contributed by atoms with Gasteiger partial charge in [-0.05, 0) is 17.7 Å². The van der Waals surface area contributed by atoms with E-state index in [-0.39, 0.29) is 0 Å². The Balaban J connectivity index is 3.32. The van der Waals surface area contributed by atoms with Gasteiger partial charge in [0.2, 0.25) is 0 Å². The summed E-state index contributed by atoms with van der Waals surface area (Å²) >= 11 is 0. The maximum atomic E-state index is 5.62. The van der Waals surface area contributed by atoms with Crippen LogP contribution < -0.4 is 10.8 Å². The van der Waals surface area contributed by atoms with Crippen LogP contribution in [0.15, 0.2) is 36.5 Å². The number of nitrogens with one attached hydrogen (secondary N) is 1.